The molecule has 1 N–H and O–H groups in total. The molecule has 2 saturated heterocycles. The molecule has 3 unspecified atom stereocenters. The second-order valence-electron chi connectivity index (χ2n) is 6.98. The molecule has 4 rings (SSSR count). The molecular weight excluding hydrogens is 294 g/mol. The number of amides is 1. The van der Waals surface area contributed by atoms with Gasteiger partial charge in [-0.1, -0.05) is 30.3 Å². The van der Waals surface area contributed by atoms with E-state index in [0.29, 0.717) is 13.2 Å². The third kappa shape index (κ3) is 2.72. The zero-order chi connectivity index (χ0) is 15.9. The van der Waals surface area contributed by atoms with Crippen molar-refractivity contribution in [3.63, 3.8) is 0 Å². The van der Waals surface area contributed by atoms with Gasteiger partial charge >= 0.3 is 6.09 Å². The van der Waals surface area contributed by atoms with Crippen molar-refractivity contribution in [3.05, 3.63) is 35.9 Å². The fraction of sp³-hybridized carbons (Fsp3) is 0.611. The molecule has 0 bridgehead atoms. The Labute approximate surface area is 136 Å². The third-order valence-corrected chi connectivity index (χ3v) is 5.44. The number of nitrogens with zero attached hydrogens (tertiary/aromatic N) is 1. The van der Waals surface area contributed by atoms with Crippen molar-refractivity contribution in [3.8, 4) is 0 Å². The van der Waals surface area contributed by atoms with Crippen molar-refractivity contribution in [2.45, 2.75) is 56.0 Å². The van der Waals surface area contributed by atoms with Gasteiger partial charge in [-0.05, 0) is 31.2 Å². The minimum atomic E-state index is -0.596. The van der Waals surface area contributed by atoms with Gasteiger partial charge in [0.25, 0.3) is 0 Å². The van der Waals surface area contributed by atoms with Gasteiger partial charge < -0.3 is 14.6 Å². The predicted molar refractivity (Wildman–Crippen MR) is 84.1 cm³/mol. The molecule has 124 valence electrons. The van der Waals surface area contributed by atoms with Crippen LogP contribution in [-0.2, 0) is 15.9 Å². The van der Waals surface area contributed by atoms with Crippen molar-refractivity contribution < 1.29 is 19.4 Å². The van der Waals surface area contributed by atoms with Gasteiger partial charge in [0.2, 0.25) is 0 Å². The molecule has 1 aliphatic carbocycles. The van der Waals surface area contributed by atoms with E-state index in [0.717, 1.165) is 32.1 Å². The summed E-state index contributed by atoms with van der Waals surface area (Å²) in [5, 5.41) is 10.0. The number of rotatable bonds is 3. The maximum Gasteiger partial charge on any atom is 0.410 e. The van der Waals surface area contributed by atoms with Crippen LogP contribution in [0.3, 0.4) is 0 Å². The van der Waals surface area contributed by atoms with Gasteiger partial charge in [-0.3, -0.25) is 4.90 Å². The van der Waals surface area contributed by atoms with E-state index in [1.165, 1.54) is 5.56 Å². The van der Waals surface area contributed by atoms with Crippen LogP contribution in [0.4, 0.5) is 4.79 Å². The topological polar surface area (TPSA) is 59.0 Å². The van der Waals surface area contributed by atoms with E-state index in [2.05, 4.69) is 12.1 Å². The first-order chi connectivity index (χ1) is 11.2. The Kier molecular flexibility index (Phi) is 3.77. The molecule has 2 heterocycles. The van der Waals surface area contributed by atoms with E-state index in [9.17, 15) is 9.90 Å². The van der Waals surface area contributed by atoms with Crippen molar-refractivity contribution in [1.29, 1.82) is 0 Å². The minimum absolute atomic E-state index is 0.0380. The quantitative estimate of drug-likeness (QED) is 0.928. The molecule has 5 nitrogen and oxygen atoms in total. The van der Waals surface area contributed by atoms with Gasteiger partial charge in [0, 0.05) is 13.0 Å². The zero-order valence-corrected chi connectivity index (χ0v) is 13.2. The highest BCUT2D eigenvalue weighted by molar-refractivity contribution is 5.69. The Morgan fingerprint density at radius 1 is 1.35 bits per heavy atom. The van der Waals surface area contributed by atoms with Gasteiger partial charge in [-0.25, -0.2) is 4.79 Å². The molecule has 1 amide bonds. The molecule has 3 fully saturated rings. The number of hydrogen-bond acceptors (Lipinski definition) is 4. The van der Waals surface area contributed by atoms with Gasteiger partial charge in [0.15, 0.2) is 0 Å². The standard InChI is InChI=1S/C18H23NO4/c20-14-12-22-15-7-10-19(16(14)15)17(21)23-18(8-4-9-18)11-13-5-2-1-3-6-13/h1-3,5-6,14-16,20H,4,7-12H2. The van der Waals surface area contributed by atoms with Crippen LogP contribution in [0.25, 0.3) is 0 Å². The normalized spacial score (nSPS) is 31.5. The SMILES string of the molecule is O=C(OC1(Cc2ccccc2)CCC1)N1CCC2OCC(O)C21. The minimum Gasteiger partial charge on any atom is -0.442 e. The van der Waals surface area contributed by atoms with E-state index in [-0.39, 0.29) is 23.8 Å². The number of likely N-dealkylation sites (tertiary alicyclic amines) is 1. The van der Waals surface area contributed by atoms with Crippen LogP contribution < -0.4 is 0 Å². The maximum absolute atomic E-state index is 12.7. The Morgan fingerprint density at radius 3 is 2.83 bits per heavy atom. The van der Waals surface area contributed by atoms with E-state index >= 15 is 0 Å². The zero-order valence-electron chi connectivity index (χ0n) is 13.2. The molecule has 1 aromatic carbocycles. The number of benzene rings is 1. The molecular formula is C18H23NO4. The first kappa shape index (κ1) is 15.0. The summed E-state index contributed by atoms with van der Waals surface area (Å²) in [5.74, 6) is 0. The summed E-state index contributed by atoms with van der Waals surface area (Å²) in [6.07, 6.45) is 3.53. The highest BCUT2D eigenvalue weighted by Gasteiger charge is 2.49. The molecule has 23 heavy (non-hydrogen) atoms. The number of carbonyl (C=O) groups is 1. The Morgan fingerprint density at radius 2 is 2.13 bits per heavy atom. The van der Waals surface area contributed by atoms with Gasteiger partial charge in [-0.15, -0.1) is 0 Å². The maximum atomic E-state index is 12.7. The number of aliphatic hydroxyl groups is 1. The lowest BCUT2D eigenvalue weighted by atomic mass is 9.76. The van der Waals surface area contributed by atoms with Crippen LogP contribution in [0, 0.1) is 0 Å². The van der Waals surface area contributed by atoms with Crippen LogP contribution >= 0.6 is 0 Å². The average Bonchev–Trinajstić information content (AvgIpc) is 3.09. The van der Waals surface area contributed by atoms with Crippen molar-refractivity contribution in [2.75, 3.05) is 13.2 Å². The van der Waals surface area contributed by atoms with E-state index in [1.54, 1.807) is 4.90 Å². The highest BCUT2D eigenvalue weighted by Crippen LogP contribution is 2.40. The number of fused-ring (bicyclic) bond motifs is 1. The van der Waals surface area contributed by atoms with Crippen LogP contribution in [-0.4, -0.2) is 53.1 Å². The predicted octanol–water partition coefficient (Wildman–Crippen LogP) is 2.12. The Balaban J connectivity index is 1.44. The molecule has 0 spiro atoms. The second kappa shape index (κ2) is 5.80. The van der Waals surface area contributed by atoms with Crippen LogP contribution in [0.15, 0.2) is 30.3 Å². The molecule has 0 aromatic heterocycles. The summed E-state index contributed by atoms with van der Waals surface area (Å²) in [6.45, 7) is 0.918. The highest BCUT2D eigenvalue weighted by atomic mass is 16.6. The summed E-state index contributed by atoms with van der Waals surface area (Å²) < 4.78 is 11.5. The molecule has 2 aliphatic heterocycles. The van der Waals surface area contributed by atoms with E-state index < -0.39 is 6.10 Å². The Hall–Kier alpha value is -1.59. The van der Waals surface area contributed by atoms with E-state index in [1.807, 2.05) is 18.2 Å². The van der Waals surface area contributed by atoms with Crippen LogP contribution in [0.2, 0.25) is 0 Å². The number of ether oxygens (including phenoxy) is 2. The lowest BCUT2D eigenvalue weighted by Crippen LogP contribution is -2.50. The molecule has 3 aliphatic rings. The summed E-state index contributed by atoms with van der Waals surface area (Å²) in [6, 6.07) is 9.94. The van der Waals surface area contributed by atoms with Crippen LogP contribution in [0.5, 0.6) is 0 Å². The van der Waals surface area contributed by atoms with Gasteiger partial charge in [0.1, 0.15) is 11.7 Å². The van der Waals surface area contributed by atoms with Gasteiger partial charge in [-0.2, -0.15) is 0 Å². The van der Waals surface area contributed by atoms with E-state index in [4.69, 9.17) is 9.47 Å². The number of hydrogen-bond donors (Lipinski definition) is 1. The monoisotopic (exact) mass is 317 g/mol. The first-order valence-corrected chi connectivity index (χ1v) is 8.50. The van der Waals surface area contributed by atoms with Crippen molar-refractivity contribution in [1.82, 2.24) is 4.90 Å². The van der Waals surface area contributed by atoms with Gasteiger partial charge in [0.05, 0.1) is 18.8 Å². The molecule has 0 radical (unpaired) electrons. The summed E-state index contributed by atoms with van der Waals surface area (Å²) in [5.41, 5.74) is 0.824. The van der Waals surface area contributed by atoms with Crippen LogP contribution in [0.1, 0.15) is 31.2 Å². The number of carbonyl (C=O) groups excluding carboxylic acids is 1. The molecule has 1 aromatic rings. The fourth-order valence-electron chi connectivity index (χ4n) is 4.06. The third-order valence-electron chi connectivity index (χ3n) is 5.44. The molecule has 1 saturated carbocycles. The smallest absolute Gasteiger partial charge is 0.410 e. The summed E-state index contributed by atoms with van der Waals surface area (Å²) in [7, 11) is 0. The second-order valence-corrected chi connectivity index (χ2v) is 6.98. The first-order valence-electron chi connectivity index (χ1n) is 8.50. The summed E-state index contributed by atoms with van der Waals surface area (Å²) >= 11 is 0. The largest absolute Gasteiger partial charge is 0.442 e. The fourth-order valence-corrected chi connectivity index (χ4v) is 4.06. The lowest BCUT2D eigenvalue weighted by Gasteiger charge is -2.42. The lowest BCUT2D eigenvalue weighted by molar-refractivity contribution is -0.0656. The summed E-state index contributed by atoms with van der Waals surface area (Å²) in [4.78, 5) is 14.3. The Bertz CT molecular complexity index is 572. The molecule has 5 heteroatoms. The molecule has 3 atom stereocenters. The van der Waals surface area contributed by atoms with Crippen molar-refractivity contribution >= 4 is 6.09 Å². The van der Waals surface area contributed by atoms with Crippen molar-refractivity contribution in [2.24, 2.45) is 0 Å². The number of aliphatic hydroxyl groups excluding tert-OH is 1. The average molecular weight is 317 g/mol.